The monoisotopic (exact) mass is 380 g/mol. The molecule has 0 radical (unpaired) electrons. The van der Waals surface area contributed by atoms with Gasteiger partial charge in [0.05, 0.1) is 34.2 Å². The van der Waals surface area contributed by atoms with Crippen LogP contribution in [0.2, 0.25) is 0 Å². The van der Waals surface area contributed by atoms with Gasteiger partial charge in [-0.05, 0) is 19.1 Å². The van der Waals surface area contributed by atoms with Crippen LogP contribution in [-0.4, -0.2) is 33.0 Å². The number of carbonyl (C=O) groups is 2. The molecule has 2 heterocycles. The third kappa shape index (κ3) is 2.68. The molecule has 1 aliphatic rings. The number of nitrogens with one attached hydrogen (secondary N) is 1. The maximum Gasteiger partial charge on any atom is 0.321 e. The largest absolute Gasteiger partial charge is 0.465 e. The lowest BCUT2D eigenvalue weighted by atomic mass is 9.89. The molecule has 4 rings (SSSR count). The van der Waals surface area contributed by atoms with Gasteiger partial charge in [0.1, 0.15) is 0 Å². The molecule has 9 heteroatoms. The summed E-state index contributed by atoms with van der Waals surface area (Å²) in [5.41, 5.74) is 1.31. The van der Waals surface area contributed by atoms with E-state index >= 15 is 0 Å². The minimum Gasteiger partial charge on any atom is -0.465 e. The Bertz CT molecular complexity index is 1110. The summed E-state index contributed by atoms with van der Waals surface area (Å²) in [6.07, 6.45) is 0. The van der Waals surface area contributed by atoms with Crippen LogP contribution in [0, 0.1) is 16.0 Å². The molecule has 0 fully saturated rings. The van der Waals surface area contributed by atoms with Gasteiger partial charge in [0.2, 0.25) is 11.9 Å². The highest BCUT2D eigenvalue weighted by Crippen LogP contribution is 2.41. The van der Waals surface area contributed by atoms with Crippen molar-refractivity contribution in [3.63, 3.8) is 0 Å². The second-order valence-corrected chi connectivity index (χ2v) is 6.27. The van der Waals surface area contributed by atoms with E-state index in [9.17, 15) is 19.7 Å². The number of hydrogen-bond acceptors (Lipinski definition) is 6. The highest BCUT2D eigenvalue weighted by Gasteiger charge is 2.46. The number of aromatic nitrogens is 2. The van der Waals surface area contributed by atoms with E-state index in [1.165, 1.54) is 12.1 Å². The molecule has 0 unspecified atom stereocenters. The van der Waals surface area contributed by atoms with Crippen molar-refractivity contribution in [1.29, 1.82) is 0 Å². The van der Waals surface area contributed by atoms with Gasteiger partial charge in [-0.3, -0.25) is 25.0 Å². The zero-order valence-electron chi connectivity index (χ0n) is 14.9. The Labute approximate surface area is 159 Å². The fraction of sp³-hybridized carbons (Fsp3) is 0.211. The Kier molecular flexibility index (Phi) is 4.26. The van der Waals surface area contributed by atoms with Crippen LogP contribution in [-0.2, 0) is 14.3 Å². The van der Waals surface area contributed by atoms with Gasteiger partial charge in [-0.25, -0.2) is 4.98 Å². The normalized spacial score (nSPS) is 18.4. The number of fused-ring (bicyclic) bond motifs is 3. The minimum absolute atomic E-state index is 0.0871. The fourth-order valence-electron chi connectivity index (χ4n) is 3.59. The standard InChI is InChI=1S/C19H16N4O5/c1-2-28-18(25)15-16(11-7-3-5-9-13(11)23(26)27)22-14-10-6-4-8-12(14)20-19(22)21-17(15)24/h3-10,15-16H,2H2,1H3,(H,20,21,24)/t15-,16-/m0/s1. The molecule has 1 aliphatic heterocycles. The number of ether oxygens (including phenoxy) is 1. The number of para-hydroxylation sites is 3. The molecule has 1 aromatic heterocycles. The third-order valence-electron chi connectivity index (χ3n) is 4.70. The van der Waals surface area contributed by atoms with Gasteiger partial charge in [0, 0.05) is 6.07 Å². The van der Waals surface area contributed by atoms with E-state index in [2.05, 4.69) is 10.3 Å². The van der Waals surface area contributed by atoms with E-state index in [0.29, 0.717) is 11.0 Å². The van der Waals surface area contributed by atoms with Gasteiger partial charge in [-0.2, -0.15) is 0 Å². The molecular weight excluding hydrogens is 364 g/mol. The number of rotatable bonds is 4. The van der Waals surface area contributed by atoms with Crippen LogP contribution < -0.4 is 5.32 Å². The Morgan fingerprint density at radius 2 is 1.96 bits per heavy atom. The summed E-state index contributed by atoms with van der Waals surface area (Å²) in [6.45, 7) is 1.72. The average Bonchev–Trinajstić information content (AvgIpc) is 3.04. The molecule has 9 nitrogen and oxygen atoms in total. The number of anilines is 1. The molecule has 2 aromatic carbocycles. The smallest absolute Gasteiger partial charge is 0.321 e. The molecule has 1 N–H and O–H groups in total. The molecule has 0 spiro atoms. The van der Waals surface area contributed by atoms with E-state index in [-0.39, 0.29) is 23.8 Å². The predicted octanol–water partition coefficient (Wildman–Crippen LogP) is 2.67. The van der Waals surface area contributed by atoms with Crippen LogP contribution in [0.5, 0.6) is 0 Å². The molecule has 0 saturated carbocycles. The molecule has 28 heavy (non-hydrogen) atoms. The minimum atomic E-state index is -1.29. The predicted molar refractivity (Wildman–Crippen MR) is 99.7 cm³/mol. The average molecular weight is 380 g/mol. The maximum atomic E-state index is 12.8. The highest BCUT2D eigenvalue weighted by atomic mass is 16.6. The quantitative estimate of drug-likeness (QED) is 0.322. The maximum absolute atomic E-state index is 12.8. The number of nitro groups is 1. The molecule has 142 valence electrons. The Balaban J connectivity index is 2.02. The second kappa shape index (κ2) is 6.76. The van der Waals surface area contributed by atoms with Crippen LogP contribution in [0.1, 0.15) is 18.5 Å². The summed E-state index contributed by atoms with van der Waals surface area (Å²) in [5.74, 6) is -2.41. The van der Waals surface area contributed by atoms with Crippen molar-refractivity contribution in [2.45, 2.75) is 13.0 Å². The number of nitrogens with zero attached hydrogens (tertiary/aromatic N) is 3. The fourth-order valence-corrected chi connectivity index (χ4v) is 3.59. The Morgan fingerprint density at radius 1 is 1.25 bits per heavy atom. The van der Waals surface area contributed by atoms with E-state index in [1.807, 2.05) is 0 Å². The van der Waals surface area contributed by atoms with Crippen LogP contribution in [0.4, 0.5) is 11.6 Å². The third-order valence-corrected chi connectivity index (χ3v) is 4.70. The first-order valence-electron chi connectivity index (χ1n) is 8.70. The van der Waals surface area contributed by atoms with Gasteiger partial charge < -0.3 is 9.30 Å². The van der Waals surface area contributed by atoms with Crippen molar-refractivity contribution >= 4 is 34.5 Å². The lowest BCUT2D eigenvalue weighted by Gasteiger charge is -2.31. The van der Waals surface area contributed by atoms with Crippen LogP contribution in [0.25, 0.3) is 11.0 Å². The van der Waals surface area contributed by atoms with Crippen molar-refractivity contribution in [2.24, 2.45) is 5.92 Å². The second-order valence-electron chi connectivity index (χ2n) is 6.27. The summed E-state index contributed by atoms with van der Waals surface area (Å²) < 4.78 is 6.76. The Morgan fingerprint density at radius 3 is 2.71 bits per heavy atom. The number of amides is 1. The molecule has 1 amide bonds. The number of nitro benzene ring substituents is 1. The molecule has 0 bridgehead atoms. The van der Waals surface area contributed by atoms with E-state index in [1.54, 1.807) is 47.9 Å². The van der Waals surface area contributed by atoms with E-state index in [0.717, 1.165) is 0 Å². The Hall–Kier alpha value is -3.75. The first kappa shape index (κ1) is 17.7. The number of imidazole rings is 1. The van der Waals surface area contributed by atoms with Crippen molar-refractivity contribution in [1.82, 2.24) is 9.55 Å². The van der Waals surface area contributed by atoms with Gasteiger partial charge in [0.15, 0.2) is 5.92 Å². The van der Waals surface area contributed by atoms with Crippen LogP contribution in [0.15, 0.2) is 48.5 Å². The van der Waals surface area contributed by atoms with Crippen molar-refractivity contribution < 1.29 is 19.2 Å². The molecule has 2 atom stereocenters. The zero-order chi connectivity index (χ0) is 19.8. The van der Waals surface area contributed by atoms with Crippen LogP contribution in [0.3, 0.4) is 0 Å². The highest BCUT2D eigenvalue weighted by molar-refractivity contribution is 6.07. The molecular formula is C19H16N4O5. The summed E-state index contributed by atoms with van der Waals surface area (Å²) in [7, 11) is 0. The molecule has 0 saturated heterocycles. The van der Waals surface area contributed by atoms with Gasteiger partial charge in [0.25, 0.3) is 5.69 Å². The van der Waals surface area contributed by atoms with Gasteiger partial charge in [-0.15, -0.1) is 0 Å². The number of benzene rings is 2. The number of esters is 1. The van der Waals surface area contributed by atoms with E-state index < -0.39 is 28.8 Å². The molecule has 0 aliphatic carbocycles. The van der Waals surface area contributed by atoms with E-state index in [4.69, 9.17) is 4.74 Å². The first-order chi connectivity index (χ1) is 13.5. The van der Waals surface area contributed by atoms with Gasteiger partial charge >= 0.3 is 5.97 Å². The summed E-state index contributed by atoms with van der Waals surface area (Å²) >= 11 is 0. The summed E-state index contributed by atoms with van der Waals surface area (Å²) in [4.78, 5) is 40.9. The SMILES string of the molecule is CCOC(=O)[C@@H]1C(=O)Nc2nc3ccccc3n2[C@H]1c1ccccc1[N+](=O)[O-]. The summed E-state index contributed by atoms with van der Waals surface area (Å²) in [5, 5.41) is 14.3. The van der Waals surface area contributed by atoms with Crippen molar-refractivity contribution in [3.05, 3.63) is 64.2 Å². The van der Waals surface area contributed by atoms with Crippen LogP contribution >= 0.6 is 0 Å². The number of hydrogen-bond donors (Lipinski definition) is 1. The van der Waals surface area contributed by atoms with Gasteiger partial charge in [-0.1, -0.05) is 30.3 Å². The lowest BCUT2D eigenvalue weighted by molar-refractivity contribution is -0.385. The topological polar surface area (TPSA) is 116 Å². The zero-order valence-corrected chi connectivity index (χ0v) is 14.9. The van der Waals surface area contributed by atoms with Crippen molar-refractivity contribution in [2.75, 3.05) is 11.9 Å². The summed E-state index contributed by atoms with van der Waals surface area (Å²) in [6, 6.07) is 12.3. The lowest BCUT2D eigenvalue weighted by Crippen LogP contribution is -2.43. The number of carbonyl (C=O) groups excluding carboxylic acids is 2. The molecule has 3 aromatic rings. The first-order valence-corrected chi connectivity index (χ1v) is 8.70. The van der Waals surface area contributed by atoms with Crippen molar-refractivity contribution in [3.8, 4) is 0 Å².